The molecule has 1 amide bonds. The highest BCUT2D eigenvalue weighted by Crippen LogP contribution is 2.29. The Bertz CT molecular complexity index is 578. The van der Waals surface area contributed by atoms with Crippen LogP contribution < -0.4 is 0 Å². The number of carbonyl (C=O) groups excluding carboxylic acids is 1. The van der Waals surface area contributed by atoms with Gasteiger partial charge in [0.15, 0.2) is 0 Å². The quantitative estimate of drug-likeness (QED) is 0.816. The SMILES string of the molecule is [CH2]CCN1C(=O)CCCN1CCC(O)Cc1cccc(C(F)(F)F)c1. The molecule has 1 radical (unpaired) electrons. The van der Waals surface area contributed by atoms with Crippen LogP contribution in [0.5, 0.6) is 0 Å². The van der Waals surface area contributed by atoms with E-state index in [1.165, 1.54) is 6.07 Å². The number of alkyl halides is 3. The van der Waals surface area contributed by atoms with Gasteiger partial charge >= 0.3 is 6.18 Å². The van der Waals surface area contributed by atoms with Gasteiger partial charge in [-0.1, -0.05) is 25.1 Å². The van der Waals surface area contributed by atoms with E-state index in [0.717, 1.165) is 25.1 Å². The molecule has 25 heavy (non-hydrogen) atoms. The van der Waals surface area contributed by atoms with E-state index >= 15 is 0 Å². The molecule has 1 heterocycles. The molecule has 0 bridgehead atoms. The summed E-state index contributed by atoms with van der Waals surface area (Å²) in [6, 6.07) is 5.02. The molecular formula is C18H24F3N2O2. The molecule has 139 valence electrons. The van der Waals surface area contributed by atoms with Gasteiger partial charge in [0, 0.05) is 26.1 Å². The number of amides is 1. The van der Waals surface area contributed by atoms with Crippen molar-refractivity contribution < 1.29 is 23.1 Å². The van der Waals surface area contributed by atoms with Crippen molar-refractivity contribution in [2.24, 2.45) is 0 Å². The maximum atomic E-state index is 12.7. The Labute approximate surface area is 146 Å². The molecule has 0 aromatic heterocycles. The van der Waals surface area contributed by atoms with E-state index in [0.29, 0.717) is 37.9 Å². The van der Waals surface area contributed by atoms with Crippen LogP contribution in [0.4, 0.5) is 13.2 Å². The summed E-state index contributed by atoms with van der Waals surface area (Å²) < 4.78 is 38.2. The predicted molar refractivity (Wildman–Crippen MR) is 88.3 cm³/mol. The van der Waals surface area contributed by atoms with Gasteiger partial charge in [-0.15, -0.1) is 0 Å². The number of nitrogens with zero attached hydrogens (tertiary/aromatic N) is 2. The lowest BCUT2D eigenvalue weighted by Crippen LogP contribution is -2.51. The number of benzene rings is 1. The van der Waals surface area contributed by atoms with Crippen molar-refractivity contribution in [2.75, 3.05) is 19.6 Å². The molecule has 1 saturated heterocycles. The van der Waals surface area contributed by atoms with Crippen molar-refractivity contribution in [2.45, 2.75) is 44.4 Å². The molecule has 1 aromatic rings. The summed E-state index contributed by atoms with van der Waals surface area (Å²) in [6.45, 7) is 5.54. The van der Waals surface area contributed by atoms with Crippen LogP contribution in [0.25, 0.3) is 0 Å². The fourth-order valence-corrected chi connectivity index (χ4v) is 3.02. The molecule has 1 fully saturated rings. The third-order valence-corrected chi connectivity index (χ3v) is 4.25. The number of rotatable bonds is 7. The van der Waals surface area contributed by atoms with Gasteiger partial charge in [-0.3, -0.25) is 9.80 Å². The van der Waals surface area contributed by atoms with Gasteiger partial charge in [0.25, 0.3) is 0 Å². The highest BCUT2D eigenvalue weighted by molar-refractivity contribution is 5.76. The predicted octanol–water partition coefficient (Wildman–Crippen LogP) is 3.06. The summed E-state index contributed by atoms with van der Waals surface area (Å²) in [5.41, 5.74) is -0.257. The number of hydrazine groups is 1. The fourth-order valence-electron chi connectivity index (χ4n) is 3.02. The van der Waals surface area contributed by atoms with Gasteiger partial charge in [-0.25, -0.2) is 5.01 Å². The standard InChI is InChI=1S/C18H24F3N2O2/c1-2-9-23-17(25)7-4-10-22(23)11-8-16(24)13-14-5-3-6-15(12-14)18(19,20)21/h3,5-6,12,16,24H,1-2,4,7-11,13H2. The lowest BCUT2D eigenvalue weighted by Gasteiger charge is -2.38. The number of halogens is 3. The molecule has 1 aromatic carbocycles. The summed E-state index contributed by atoms with van der Waals surface area (Å²) in [7, 11) is 0. The largest absolute Gasteiger partial charge is 0.416 e. The minimum atomic E-state index is -4.39. The normalized spacial score (nSPS) is 17.8. The Morgan fingerprint density at radius 2 is 2.04 bits per heavy atom. The first-order chi connectivity index (χ1) is 11.8. The molecule has 0 aliphatic carbocycles. The van der Waals surface area contributed by atoms with Crippen molar-refractivity contribution in [1.82, 2.24) is 10.0 Å². The maximum Gasteiger partial charge on any atom is 0.416 e. The summed E-state index contributed by atoms with van der Waals surface area (Å²) in [5, 5.41) is 13.8. The fraction of sp³-hybridized carbons (Fsp3) is 0.556. The van der Waals surface area contributed by atoms with Crippen LogP contribution >= 0.6 is 0 Å². The third kappa shape index (κ3) is 5.71. The number of carbonyl (C=O) groups is 1. The van der Waals surface area contributed by atoms with E-state index in [-0.39, 0.29) is 12.3 Å². The Hall–Kier alpha value is -1.60. The summed E-state index contributed by atoms with van der Waals surface area (Å²) in [6.07, 6.45) is -2.71. The Morgan fingerprint density at radius 3 is 2.72 bits per heavy atom. The van der Waals surface area contributed by atoms with E-state index in [1.54, 1.807) is 11.1 Å². The lowest BCUT2D eigenvalue weighted by molar-refractivity contribution is -0.156. The Balaban J connectivity index is 1.90. The average molecular weight is 357 g/mol. The van der Waals surface area contributed by atoms with Crippen molar-refractivity contribution in [3.63, 3.8) is 0 Å². The van der Waals surface area contributed by atoms with Crippen LogP contribution in [0.15, 0.2) is 24.3 Å². The Kier molecular flexibility index (Phi) is 6.84. The van der Waals surface area contributed by atoms with Crippen LogP contribution in [-0.4, -0.2) is 46.8 Å². The summed E-state index contributed by atoms with van der Waals surface area (Å²) in [5.74, 6) is 0.0577. The van der Waals surface area contributed by atoms with Crippen molar-refractivity contribution in [3.8, 4) is 0 Å². The van der Waals surface area contributed by atoms with E-state index in [9.17, 15) is 23.1 Å². The second-order valence-electron chi connectivity index (χ2n) is 6.27. The molecule has 1 aliphatic rings. The number of aliphatic hydroxyl groups is 1. The first kappa shape index (κ1) is 19.7. The first-order valence-corrected chi connectivity index (χ1v) is 8.50. The molecule has 1 atom stereocenters. The smallest absolute Gasteiger partial charge is 0.393 e. The van der Waals surface area contributed by atoms with Gasteiger partial charge < -0.3 is 5.11 Å². The third-order valence-electron chi connectivity index (χ3n) is 4.25. The highest BCUT2D eigenvalue weighted by Gasteiger charge is 2.30. The van der Waals surface area contributed by atoms with Crippen molar-refractivity contribution in [1.29, 1.82) is 0 Å². The molecule has 0 saturated carbocycles. The van der Waals surface area contributed by atoms with Crippen LogP contribution in [0.3, 0.4) is 0 Å². The zero-order valence-electron chi connectivity index (χ0n) is 14.1. The minimum absolute atomic E-state index is 0.0577. The lowest BCUT2D eigenvalue weighted by atomic mass is 10.0. The maximum absolute atomic E-state index is 12.7. The molecular weight excluding hydrogens is 333 g/mol. The summed E-state index contributed by atoms with van der Waals surface area (Å²) >= 11 is 0. The molecule has 1 aliphatic heterocycles. The van der Waals surface area contributed by atoms with Crippen LogP contribution in [0.1, 0.15) is 36.8 Å². The van der Waals surface area contributed by atoms with Crippen LogP contribution in [0, 0.1) is 6.92 Å². The summed E-state index contributed by atoms with van der Waals surface area (Å²) in [4.78, 5) is 11.9. The van der Waals surface area contributed by atoms with Crippen molar-refractivity contribution in [3.05, 3.63) is 42.3 Å². The van der Waals surface area contributed by atoms with E-state index < -0.39 is 17.8 Å². The Morgan fingerprint density at radius 1 is 1.28 bits per heavy atom. The molecule has 2 rings (SSSR count). The topological polar surface area (TPSA) is 43.8 Å². The first-order valence-electron chi connectivity index (χ1n) is 8.50. The molecule has 1 N–H and O–H groups in total. The van der Waals surface area contributed by atoms with Gasteiger partial charge in [-0.05, 0) is 37.3 Å². The van der Waals surface area contributed by atoms with Crippen LogP contribution in [-0.2, 0) is 17.4 Å². The number of aliphatic hydroxyl groups excluding tert-OH is 1. The zero-order chi connectivity index (χ0) is 18.4. The van der Waals surface area contributed by atoms with Gasteiger partial charge in [-0.2, -0.15) is 13.2 Å². The molecule has 7 heteroatoms. The van der Waals surface area contributed by atoms with E-state index in [2.05, 4.69) is 6.92 Å². The van der Waals surface area contributed by atoms with Gasteiger partial charge in [0.05, 0.1) is 11.7 Å². The minimum Gasteiger partial charge on any atom is -0.393 e. The van der Waals surface area contributed by atoms with Crippen LogP contribution in [0.2, 0.25) is 0 Å². The van der Waals surface area contributed by atoms with E-state index in [4.69, 9.17) is 0 Å². The van der Waals surface area contributed by atoms with Gasteiger partial charge in [0.1, 0.15) is 0 Å². The second-order valence-corrected chi connectivity index (χ2v) is 6.27. The number of hydrogen-bond acceptors (Lipinski definition) is 3. The van der Waals surface area contributed by atoms with Gasteiger partial charge in [0.2, 0.25) is 5.91 Å². The van der Waals surface area contributed by atoms with Crippen molar-refractivity contribution >= 4 is 5.91 Å². The molecule has 4 nitrogen and oxygen atoms in total. The molecule has 0 spiro atoms. The number of hydrogen-bond donors (Lipinski definition) is 1. The average Bonchev–Trinajstić information content (AvgIpc) is 2.55. The van der Waals surface area contributed by atoms with E-state index in [1.807, 2.05) is 5.01 Å². The highest BCUT2D eigenvalue weighted by atomic mass is 19.4. The zero-order valence-corrected chi connectivity index (χ0v) is 14.1. The second kappa shape index (κ2) is 8.67. The monoisotopic (exact) mass is 357 g/mol. The molecule has 1 unspecified atom stereocenters.